The summed E-state index contributed by atoms with van der Waals surface area (Å²) < 4.78 is 0. The average molecular weight is 258 g/mol. The van der Waals surface area contributed by atoms with Crippen LogP contribution in [0.4, 0.5) is 0 Å². The molecule has 1 saturated heterocycles. The highest BCUT2D eigenvalue weighted by atomic mass is 15.1. The first-order valence-corrected chi connectivity index (χ1v) is 7.81. The van der Waals surface area contributed by atoms with Crippen LogP contribution in [0, 0.1) is 12.8 Å². The summed E-state index contributed by atoms with van der Waals surface area (Å²) in [6.07, 6.45) is 5.55. The molecule has 1 heterocycles. The van der Waals surface area contributed by atoms with Crippen molar-refractivity contribution >= 4 is 0 Å². The van der Waals surface area contributed by atoms with E-state index < -0.39 is 0 Å². The smallest absolute Gasteiger partial charge is 0.0236 e. The topological polar surface area (TPSA) is 15.3 Å². The fourth-order valence-corrected chi connectivity index (χ4v) is 2.98. The Morgan fingerprint density at radius 2 is 1.84 bits per heavy atom. The van der Waals surface area contributed by atoms with Crippen molar-refractivity contribution in [1.82, 2.24) is 10.2 Å². The van der Waals surface area contributed by atoms with E-state index >= 15 is 0 Å². The van der Waals surface area contributed by atoms with Gasteiger partial charge in [-0.15, -0.1) is 0 Å². The number of nitrogens with one attached hydrogen (secondary N) is 1. The van der Waals surface area contributed by atoms with Gasteiger partial charge in [0.1, 0.15) is 0 Å². The van der Waals surface area contributed by atoms with E-state index in [1.54, 1.807) is 0 Å². The van der Waals surface area contributed by atoms with Gasteiger partial charge in [-0.05, 0) is 69.3 Å². The fraction of sp³-hybridized carbons (Fsp3) is 0.647. The highest BCUT2D eigenvalue weighted by Crippen LogP contribution is 2.28. The van der Waals surface area contributed by atoms with Crippen molar-refractivity contribution in [3.63, 3.8) is 0 Å². The summed E-state index contributed by atoms with van der Waals surface area (Å²) in [6, 6.07) is 9.55. The second kappa shape index (κ2) is 6.06. The molecule has 104 valence electrons. The number of piperidine rings is 1. The fourth-order valence-electron chi connectivity index (χ4n) is 2.98. The van der Waals surface area contributed by atoms with Crippen molar-refractivity contribution in [2.45, 2.75) is 45.2 Å². The van der Waals surface area contributed by atoms with Crippen LogP contribution in [0.5, 0.6) is 0 Å². The zero-order valence-corrected chi connectivity index (χ0v) is 12.1. The average Bonchev–Trinajstić information content (AvgIpc) is 3.25. The Bertz CT molecular complexity index is 403. The first-order valence-electron chi connectivity index (χ1n) is 7.81. The van der Waals surface area contributed by atoms with E-state index in [1.807, 2.05) is 0 Å². The molecule has 1 aromatic carbocycles. The third-order valence-corrected chi connectivity index (χ3v) is 4.63. The van der Waals surface area contributed by atoms with Gasteiger partial charge in [0.15, 0.2) is 0 Å². The molecular formula is C17H26N2. The molecule has 1 aliphatic carbocycles. The maximum atomic E-state index is 3.75. The molecule has 1 aliphatic heterocycles. The van der Waals surface area contributed by atoms with Crippen molar-refractivity contribution in [3.8, 4) is 0 Å². The second-order valence-electron chi connectivity index (χ2n) is 6.33. The lowest BCUT2D eigenvalue weighted by molar-refractivity contribution is 0.190. The second-order valence-corrected chi connectivity index (χ2v) is 6.33. The minimum atomic E-state index is 0.772. The summed E-state index contributed by atoms with van der Waals surface area (Å²) in [7, 11) is 0. The van der Waals surface area contributed by atoms with Crippen LogP contribution < -0.4 is 5.32 Å². The molecule has 0 spiro atoms. The number of rotatable bonds is 5. The van der Waals surface area contributed by atoms with Crippen molar-refractivity contribution in [2.75, 3.05) is 19.6 Å². The Hall–Kier alpha value is -0.860. The first kappa shape index (κ1) is 13.1. The van der Waals surface area contributed by atoms with E-state index in [2.05, 4.69) is 41.4 Å². The molecule has 0 unspecified atom stereocenters. The van der Waals surface area contributed by atoms with Gasteiger partial charge in [0, 0.05) is 12.6 Å². The predicted molar refractivity (Wildman–Crippen MR) is 80.2 cm³/mol. The van der Waals surface area contributed by atoms with Crippen molar-refractivity contribution in [3.05, 3.63) is 35.4 Å². The Kier molecular flexibility index (Phi) is 4.19. The summed E-state index contributed by atoms with van der Waals surface area (Å²) in [5.74, 6) is 1.00. The van der Waals surface area contributed by atoms with Gasteiger partial charge >= 0.3 is 0 Å². The van der Waals surface area contributed by atoms with Crippen LogP contribution in [0.15, 0.2) is 24.3 Å². The van der Waals surface area contributed by atoms with E-state index in [0.29, 0.717) is 0 Å². The number of hydrogen-bond acceptors (Lipinski definition) is 2. The first-order chi connectivity index (χ1) is 9.31. The largest absolute Gasteiger partial charge is 0.314 e. The summed E-state index contributed by atoms with van der Waals surface area (Å²) in [5, 5.41) is 3.75. The molecule has 0 amide bonds. The molecule has 19 heavy (non-hydrogen) atoms. The Morgan fingerprint density at radius 3 is 2.53 bits per heavy atom. The van der Waals surface area contributed by atoms with E-state index in [9.17, 15) is 0 Å². The molecule has 1 saturated carbocycles. The number of benzene rings is 1. The SMILES string of the molecule is Cc1ccccc1CN1CCC(NCC2CC2)CC1. The zero-order valence-electron chi connectivity index (χ0n) is 12.1. The number of aryl methyl sites for hydroxylation is 1. The van der Waals surface area contributed by atoms with Gasteiger partial charge in [0.25, 0.3) is 0 Å². The van der Waals surface area contributed by atoms with Crippen LogP contribution in [0.25, 0.3) is 0 Å². The maximum absolute atomic E-state index is 3.75. The lowest BCUT2D eigenvalue weighted by Crippen LogP contribution is -2.42. The number of likely N-dealkylation sites (tertiary alicyclic amines) is 1. The molecule has 2 heteroatoms. The van der Waals surface area contributed by atoms with E-state index in [1.165, 1.54) is 56.4 Å². The summed E-state index contributed by atoms with van der Waals surface area (Å²) >= 11 is 0. The van der Waals surface area contributed by atoms with Gasteiger partial charge in [-0.2, -0.15) is 0 Å². The molecule has 0 atom stereocenters. The van der Waals surface area contributed by atoms with Crippen LogP contribution >= 0.6 is 0 Å². The minimum Gasteiger partial charge on any atom is -0.314 e. The Morgan fingerprint density at radius 1 is 1.11 bits per heavy atom. The van der Waals surface area contributed by atoms with Crippen LogP contribution in [0.1, 0.15) is 36.8 Å². The molecule has 2 aliphatic rings. The van der Waals surface area contributed by atoms with Gasteiger partial charge in [-0.3, -0.25) is 4.90 Å². The van der Waals surface area contributed by atoms with Gasteiger partial charge < -0.3 is 5.32 Å². The highest BCUT2D eigenvalue weighted by Gasteiger charge is 2.24. The third-order valence-electron chi connectivity index (χ3n) is 4.63. The molecule has 3 rings (SSSR count). The molecular weight excluding hydrogens is 232 g/mol. The zero-order chi connectivity index (χ0) is 13.1. The summed E-state index contributed by atoms with van der Waals surface area (Å²) in [5.41, 5.74) is 2.92. The molecule has 2 nitrogen and oxygen atoms in total. The minimum absolute atomic E-state index is 0.772. The van der Waals surface area contributed by atoms with Gasteiger partial charge in [-0.1, -0.05) is 24.3 Å². The normalized spacial score (nSPS) is 21.7. The van der Waals surface area contributed by atoms with Crippen LogP contribution in [0.3, 0.4) is 0 Å². The highest BCUT2D eigenvalue weighted by molar-refractivity contribution is 5.25. The van der Waals surface area contributed by atoms with Gasteiger partial charge in [0.05, 0.1) is 0 Å². The summed E-state index contributed by atoms with van der Waals surface area (Å²) in [4.78, 5) is 2.61. The molecule has 0 aromatic heterocycles. The maximum Gasteiger partial charge on any atom is 0.0236 e. The van der Waals surface area contributed by atoms with Gasteiger partial charge in [0.2, 0.25) is 0 Å². The molecule has 1 N–H and O–H groups in total. The van der Waals surface area contributed by atoms with Crippen LogP contribution in [0.2, 0.25) is 0 Å². The molecule has 0 bridgehead atoms. The summed E-state index contributed by atoms with van der Waals surface area (Å²) in [6.45, 7) is 7.11. The van der Waals surface area contributed by atoms with E-state index in [-0.39, 0.29) is 0 Å². The van der Waals surface area contributed by atoms with Crippen molar-refractivity contribution in [1.29, 1.82) is 0 Å². The Balaban J connectivity index is 1.43. The molecule has 0 radical (unpaired) electrons. The van der Waals surface area contributed by atoms with Crippen LogP contribution in [-0.4, -0.2) is 30.6 Å². The van der Waals surface area contributed by atoms with Crippen molar-refractivity contribution < 1.29 is 0 Å². The van der Waals surface area contributed by atoms with Crippen molar-refractivity contribution in [2.24, 2.45) is 5.92 Å². The molecule has 2 fully saturated rings. The quantitative estimate of drug-likeness (QED) is 0.873. The number of nitrogens with zero attached hydrogens (tertiary/aromatic N) is 1. The van der Waals surface area contributed by atoms with E-state index in [4.69, 9.17) is 0 Å². The van der Waals surface area contributed by atoms with E-state index in [0.717, 1.165) is 18.5 Å². The Labute approximate surface area is 117 Å². The number of hydrogen-bond donors (Lipinski definition) is 1. The third kappa shape index (κ3) is 3.80. The lowest BCUT2D eigenvalue weighted by atomic mass is 10.0. The predicted octanol–water partition coefficient (Wildman–Crippen LogP) is 2.96. The van der Waals surface area contributed by atoms with Gasteiger partial charge in [-0.25, -0.2) is 0 Å². The lowest BCUT2D eigenvalue weighted by Gasteiger charge is -2.32. The monoisotopic (exact) mass is 258 g/mol. The molecule has 1 aromatic rings. The van der Waals surface area contributed by atoms with Crippen LogP contribution in [-0.2, 0) is 6.54 Å². The standard InChI is InChI=1S/C17H26N2/c1-14-4-2-3-5-16(14)13-19-10-8-17(9-11-19)18-12-15-6-7-15/h2-5,15,17-18H,6-13H2,1H3.